The Morgan fingerprint density at radius 1 is 1.14 bits per heavy atom. The molecule has 1 fully saturated rings. The molecule has 6 nitrogen and oxygen atoms in total. The van der Waals surface area contributed by atoms with Crippen LogP contribution >= 0.6 is 0 Å². The third-order valence-electron chi connectivity index (χ3n) is 5.99. The van der Waals surface area contributed by atoms with Crippen LogP contribution in [-0.2, 0) is 7.05 Å². The first-order valence-electron chi connectivity index (χ1n) is 10.1. The van der Waals surface area contributed by atoms with E-state index in [-0.39, 0.29) is 18.4 Å². The highest BCUT2D eigenvalue weighted by atomic mass is 16.3. The third-order valence-corrected chi connectivity index (χ3v) is 5.99. The largest absolute Gasteiger partial charge is 0.396 e. The SMILES string of the molecule is Cc1ccc2cc(C(=O)N3C[C@@H](CN(C)CCN(C)C)[C@@H](CO)C3)n(C)c2c1. The number of amides is 1. The van der Waals surface area contributed by atoms with E-state index < -0.39 is 0 Å². The van der Waals surface area contributed by atoms with Crippen LogP contribution < -0.4 is 0 Å². The van der Waals surface area contributed by atoms with Crippen LogP contribution in [0.1, 0.15) is 16.1 Å². The van der Waals surface area contributed by atoms with Crippen molar-refractivity contribution in [1.29, 1.82) is 0 Å². The highest BCUT2D eigenvalue weighted by Crippen LogP contribution is 2.27. The maximum absolute atomic E-state index is 13.2. The fraction of sp³-hybridized carbons (Fsp3) is 0.591. The summed E-state index contributed by atoms with van der Waals surface area (Å²) >= 11 is 0. The second-order valence-electron chi connectivity index (χ2n) is 8.63. The first kappa shape index (κ1) is 20.8. The number of hydrogen-bond acceptors (Lipinski definition) is 4. The van der Waals surface area contributed by atoms with Crippen molar-refractivity contribution in [3.63, 3.8) is 0 Å². The molecule has 1 N–H and O–H groups in total. The Morgan fingerprint density at radius 3 is 2.54 bits per heavy atom. The van der Waals surface area contributed by atoms with Crippen molar-refractivity contribution in [2.24, 2.45) is 18.9 Å². The molecule has 1 aromatic carbocycles. The molecule has 1 saturated heterocycles. The first-order chi connectivity index (χ1) is 13.3. The van der Waals surface area contributed by atoms with Crippen LogP contribution in [0, 0.1) is 18.8 Å². The number of fused-ring (bicyclic) bond motifs is 1. The Morgan fingerprint density at radius 2 is 1.86 bits per heavy atom. The minimum atomic E-state index is 0.0632. The topological polar surface area (TPSA) is 52.0 Å². The summed E-state index contributed by atoms with van der Waals surface area (Å²) in [6.45, 7) is 6.42. The zero-order valence-electron chi connectivity index (χ0n) is 17.9. The molecule has 1 aliphatic heterocycles. The van der Waals surface area contributed by atoms with Gasteiger partial charge >= 0.3 is 0 Å². The van der Waals surface area contributed by atoms with Crippen LogP contribution in [0.3, 0.4) is 0 Å². The van der Waals surface area contributed by atoms with Crippen molar-refractivity contribution in [3.05, 3.63) is 35.5 Å². The van der Waals surface area contributed by atoms with E-state index >= 15 is 0 Å². The minimum Gasteiger partial charge on any atom is -0.396 e. The predicted octanol–water partition coefficient (Wildman–Crippen LogP) is 1.66. The van der Waals surface area contributed by atoms with Crippen LogP contribution in [0.2, 0.25) is 0 Å². The van der Waals surface area contributed by atoms with Crippen LogP contribution in [0.15, 0.2) is 24.3 Å². The lowest BCUT2D eigenvalue weighted by molar-refractivity contribution is 0.0770. The lowest BCUT2D eigenvalue weighted by Gasteiger charge is -2.25. The molecule has 0 bridgehead atoms. The van der Waals surface area contributed by atoms with Gasteiger partial charge in [0.15, 0.2) is 0 Å². The zero-order valence-corrected chi connectivity index (χ0v) is 17.9. The summed E-state index contributed by atoms with van der Waals surface area (Å²) in [6, 6.07) is 8.26. The van der Waals surface area contributed by atoms with Crippen LogP contribution in [0.4, 0.5) is 0 Å². The lowest BCUT2D eigenvalue weighted by atomic mass is 9.96. The van der Waals surface area contributed by atoms with E-state index in [1.54, 1.807) is 0 Å². The Bertz CT molecular complexity index is 829. The van der Waals surface area contributed by atoms with Crippen LogP contribution in [-0.4, -0.2) is 90.8 Å². The molecule has 1 aromatic heterocycles. The molecular formula is C22H34N4O2. The highest BCUT2D eigenvalue weighted by Gasteiger charge is 2.36. The van der Waals surface area contributed by atoms with E-state index in [0.717, 1.165) is 36.2 Å². The number of aliphatic hydroxyl groups is 1. The monoisotopic (exact) mass is 386 g/mol. The van der Waals surface area contributed by atoms with Gasteiger partial charge in [0.05, 0.1) is 0 Å². The number of aromatic nitrogens is 1. The molecule has 0 radical (unpaired) electrons. The summed E-state index contributed by atoms with van der Waals surface area (Å²) in [7, 11) is 8.23. The molecule has 0 saturated carbocycles. The number of likely N-dealkylation sites (tertiary alicyclic amines) is 1. The highest BCUT2D eigenvalue weighted by molar-refractivity contribution is 5.99. The standard InChI is InChI=1S/C22H34N4O2/c1-16-6-7-17-11-21(25(5)20(17)10-16)22(28)26-13-18(19(14-26)15-27)12-24(4)9-8-23(2)3/h6-7,10-11,18-19,27H,8-9,12-15H2,1-5H3/t18-,19-/m1/s1. The predicted molar refractivity (Wildman–Crippen MR) is 114 cm³/mol. The molecule has 0 unspecified atom stereocenters. The fourth-order valence-corrected chi connectivity index (χ4v) is 4.19. The molecule has 154 valence electrons. The molecule has 1 aliphatic rings. The fourth-order valence-electron chi connectivity index (χ4n) is 4.19. The summed E-state index contributed by atoms with van der Waals surface area (Å²) in [6.07, 6.45) is 0. The Balaban J connectivity index is 1.72. The zero-order chi connectivity index (χ0) is 20.4. The van der Waals surface area contributed by atoms with Crippen molar-refractivity contribution in [1.82, 2.24) is 19.3 Å². The van der Waals surface area contributed by atoms with Crippen molar-refractivity contribution >= 4 is 16.8 Å². The van der Waals surface area contributed by atoms with E-state index in [0.29, 0.717) is 19.0 Å². The molecule has 2 aromatic rings. The van der Waals surface area contributed by atoms with E-state index in [1.165, 1.54) is 5.56 Å². The smallest absolute Gasteiger partial charge is 0.270 e. The quantitative estimate of drug-likeness (QED) is 0.786. The summed E-state index contributed by atoms with van der Waals surface area (Å²) < 4.78 is 2.00. The number of nitrogens with zero attached hydrogens (tertiary/aromatic N) is 4. The Labute approximate surface area is 168 Å². The van der Waals surface area contributed by atoms with Crippen LogP contribution in [0.5, 0.6) is 0 Å². The van der Waals surface area contributed by atoms with E-state index in [9.17, 15) is 9.90 Å². The number of carbonyl (C=O) groups is 1. The van der Waals surface area contributed by atoms with Gasteiger partial charge in [0, 0.05) is 63.2 Å². The first-order valence-corrected chi connectivity index (χ1v) is 10.1. The van der Waals surface area contributed by atoms with E-state index in [4.69, 9.17) is 0 Å². The molecule has 6 heteroatoms. The number of likely N-dealkylation sites (N-methyl/N-ethyl adjacent to an activating group) is 2. The van der Waals surface area contributed by atoms with E-state index in [1.807, 2.05) is 22.6 Å². The van der Waals surface area contributed by atoms with Gasteiger partial charge in [-0.1, -0.05) is 12.1 Å². The lowest BCUT2D eigenvalue weighted by Crippen LogP contribution is -2.35. The molecular weight excluding hydrogens is 352 g/mol. The van der Waals surface area contributed by atoms with Gasteiger partial charge in [-0.2, -0.15) is 0 Å². The van der Waals surface area contributed by atoms with Gasteiger partial charge < -0.3 is 24.4 Å². The molecule has 3 rings (SSSR count). The number of hydrogen-bond donors (Lipinski definition) is 1. The second-order valence-corrected chi connectivity index (χ2v) is 8.63. The van der Waals surface area contributed by atoms with Crippen molar-refractivity contribution < 1.29 is 9.90 Å². The van der Waals surface area contributed by atoms with Gasteiger partial charge in [-0.25, -0.2) is 0 Å². The summed E-state index contributed by atoms with van der Waals surface area (Å²) in [5.41, 5.74) is 3.00. The maximum atomic E-state index is 13.2. The number of aryl methyl sites for hydroxylation is 2. The molecule has 0 aliphatic carbocycles. The van der Waals surface area contributed by atoms with Gasteiger partial charge in [-0.3, -0.25) is 4.79 Å². The maximum Gasteiger partial charge on any atom is 0.270 e. The normalized spacial score (nSPS) is 20.1. The van der Waals surface area contributed by atoms with Gasteiger partial charge in [-0.15, -0.1) is 0 Å². The molecule has 1 amide bonds. The van der Waals surface area contributed by atoms with Gasteiger partial charge in [0.1, 0.15) is 5.69 Å². The summed E-state index contributed by atoms with van der Waals surface area (Å²) in [5, 5.41) is 11.0. The Kier molecular flexibility index (Phi) is 6.43. The van der Waals surface area contributed by atoms with Gasteiger partial charge in [-0.05, 0) is 51.7 Å². The molecule has 2 heterocycles. The van der Waals surface area contributed by atoms with Gasteiger partial charge in [0.25, 0.3) is 5.91 Å². The summed E-state index contributed by atoms with van der Waals surface area (Å²) in [5.74, 6) is 0.508. The Hall–Kier alpha value is -1.89. The van der Waals surface area contributed by atoms with Crippen molar-refractivity contribution in [2.45, 2.75) is 6.92 Å². The molecule has 28 heavy (non-hydrogen) atoms. The molecule has 0 spiro atoms. The average Bonchev–Trinajstić information content (AvgIpc) is 3.20. The minimum absolute atomic E-state index is 0.0632. The number of carbonyl (C=O) groups excluding carboxylic acids is 1. The van der Waals surface area contributed by atoms with E-state index in [2.05, 4.69) is 56.1 Å². The number of rotatable bonds is 7. The summed E-state index contributed by atoms with van der Waals surface area (Å²) in [4.78, 5) is 19.6. The van der Waals surface area contributed by atoms with Crippen molar-refractivity contribution in [2.75, 3.05) is 60.5 Å². The number of benzene rings is 1. The average molecular weight is 387 g/mol. The number of aliphatic hydroxyl groups excluding tert-OH is 1. The second kappa shape index (κ2) is 8.64. The van der Waals surface area contributed by atoms with Crippen molar-refractivity contribution in [3.8, 4) is 0 Å². The van der Waals surface area contributed by atoms with Gasteiger partial charge in [0.2, 0.25) is 0 Å². The van der Waals surface area contributed by atoms with Crippen LogP contribution in [0.25, 0.3) is 10.9 Å². The molecule has 2 atom stereocenters. The third kappa shape index (κ3) is 4.40.